The van der Waals surface area contributed by atoms with Crippen molar-refractivity contribution in [2.24, 2.45) is 4.99 Å². The molecule has 0 atom stereocenters. The summed E-state index contributed by atoms with van der Waals surface area (Å²) in [5.74, 6) is 1.68. The fourth-order valence-electron chi connectivity index (χ4n) is 2.94. The van der Waals surface area contributed by atoms with Gasteiger partial charge in [-0.15, -0.1) is 0 Å². The lowest BCUT2D eigenvalue weighted by Crippen LogP contribution is -2.39. The van der Waals surface area contributed by atoms with E-state index in [4.69, 9.17) is 14.5 Å². The number of methoxy groups -OCH3 is 1. The summed E-state index contributed by atoms with van der Waals surface area (Å²) >= 11 is 0. The molecule has 0 spiro atoms. The highest BCUT2D eigenvalue weighted by molar-refractivity contribution is 5.79. The molecule has 0 fully saturated rings. The molecule has 0 unspecified atom stereocenters. The van der Waals surface area contributed by atoms with E-state index >= 15 is 0 Å². The average Bonchev–Trinajstić information content (AvgIpc) is 3.05. The van der Waals surface area contributed by atoms with Crippen LogP contribution >= 0.6 is 0 Å². The van der Waals surface area contributed by atoms with Gasteiger partial charge in [0.1, 0.15) is 5.75 Å². The largest absolute Gasteiger partial charge is 0.497 e. The van der Waals surface area contributed by atoms with E-state index in [0.717, 1.165) is 68.7 Å². The Morgan fingerprint density at radius 2 is 1.83 bits per heavy atom. The second-order valence-corrected chi connectivity index (χ2v) is 6.92. The van der Waals surface area contributed by atoms with E-state index in [2.05, 4.69) is 33.4 Å². The highest BCUT2D eigenvalue weighted by Crippen LogP contribution is 2.11. The van der Waals surface area contributed by atoms with Crippen LogP contribution in [0.25, 0.3) is 0 Å². The highest BCUT2D eigenvalue weighted by atomic mass is 16.5. The van der Waals surface area contributed by atoms with Crippen LogP contribution in [0.15, 0.2) is 35.3 Å². The average molecular weight is 402 g/mol. The van der Waals surface area contributed by atoms with Crippen LogP contribution in [0.4, 0.5) is 0 Å². The Morgan fingerprint density at radius 1 is 1.10 bits per heavy atom. The van der Waals surface area contributed by atoms with Crippen molar-refractivity contribution in [1.29, 1.82) is 0 Å². The van der Waals surface area contributed by atoms with Crippen LogP contribution in [0, 0.1) is 13.8 Å². The Bertz CT molecular complexity index is 740. The number of aliphatic imine (C=N–C) groups is 1. The normalized spacial score (nSPS) is 11.5. The molecule has 0 aliphatic heterocycles. The molecule has 160 valence electrons. The summed E-state index contributed by atoms with van der Waals surface area (Å²) in [4.78, 5) is 4.72. The summed E-state index contributed by atoms with van der Waals surface area (Å²) in [7, 11) is 1.67. The molecule has 1 aromatic heterocycles. The van der Waals surface area contributed by atoms with E-state index in [-0.39, 0.29) is 0 Å². The summed E-state index contributed by atoms with van der Waals surface area (Å²) in [5.41, 5.74) is 3.40. The number of hydrogen-bond acceptors (Lipinski definition) is 4. The van der Waals surface area contributed by atoms with E-state index < -0.39 is 0 Å². The molecular formula is C22H35N5O2. The zero-order valence-corrected chi connectivity index (χ0v) is 18.2. The van der Waals surface area contributed by atoms with Crippen molar-refractivity contribution in [3.05, 3.63) is 47.3 Å². The number of aromatic nitrogens is 2. The van der Waals surface area contributed by atoms with Gasteiger partial charge in [-0.05, 0) is 57.4 Å². The lowest BCUT2D eigenvalue weighted by molar-refractivity contribution is 0.145. The van der Waals surface area contributed by atoms with Crippen molar-refractivity contribution >= 4 is 5.96 Å². The van der Waals surface area contributed by atoms with Crippen LogP contribution in [-0.2, 0) is 17.8 Å². The molecule has 2 N–H and O–H groups in total. The molecule has 7 nitrogen and oxygen atoms in total. The molecule has 0 aliphatic carbocycles. The molecule has 1 aromatic carbocycles. The molecule has 0 radical (unpaired) electrons. The van der Waals surface area contributed by atoms with Crippen molar-refractivity contribution in [1.82, 2.24) is 20.4 Å². The van der Waals surface area contributed by atoms with Gasteiger partial charge in [0.05, 0.1) is 19.3 Å². The number of rotatable bonds is 12. The van der Waals surface area contributed by atoms with Gasteiger partial charge in [0.15, 0.2) is 5.96 Å². The maximum absolute atomic E-state index is 5.41. The van der Waals surface area contributed by atoms with E-state index in [1.54, 1.807) is 7.11 Å². The summed E-state index contributed by atoms with van der Waals surface area (Å²) in [6.07, 6.45) is 1.92. The second-order valence-electron chi connectivity index (χ2n) is 6.92. The monoisotopic (exact) mass is 401 g/mol. The van der Waals surface area contributed by atoms with Crippen molar-refractivity contribution in [2.45, 2.75) is 46.7 Å². The van der Waals surface area contributed by atoms with Crippen molar-refractivity contribution in [3.8, 4) is 5.75 Å². The van der Waals surface area contributed by atoms with Crippen LogP contribution in [0.3, 0.4) is 0 Å². The second kappa shape index (κ2) is 12.8. The number of aryl methyl sites for hydroxylation is 3. The summed E-state index contributed by atoms with van der Waals surface area (Å²) in [6, 6.07) is 10.1. The molecule has 0 saturated carbocycles. The smallest absolute Gasteiger partial charge is 0.191 e. The molecular weight excluding hydrogens is 366 g/mol. The van der Waals surface area contributed by atoms with Gasteiger partial charge in [0.2, 0.25) is 0 Å². The zero-order valence-electron chi connectivity index (χ0n) is 18.2. The van der Waals surface area contributed by atoms with Crippen LogP contribution in [-0.4, -0.2) is 49.2 Å². The number of benzene rings is 1. The number of nitrogens with zero attached hydrogens (tertiary/aromatic N) is 3. The summed E-state index contributed by atoms with van der Waals surface area (Å²) in [6.45, 7) is 10.8. The fourth-order valence-corrected chi connectivity index (χ4v) is 2.94. The van der Waals surface area contributed by atoms with Crippen molar-refractivity contribution < 1.29 is 9.47 Å². The van der Waals surface area contributed by atoms with Gasteiger partial charge < -0.3 is 20.1 Å². The van der Waals surface area contributed by atoms with Crippen LogP contribution in [0.1, 0.15) is 36.7 Å². The topological polar surface area (TPSA) is 72.7 Å². The zero-order chi connectivity index (χ0) is 20.9. The first-order chi connectivity index (χ1) is 14.1. The fraction of sp³-hybridized carbons (Fsp3) is 0.545. The van der Waals surface area contributed by atoms with E-state index in [1.807, 2.05) is 38.1 Å². The highest BCUT2D eigenvalue weighted by Gasteiger charge is 2.02. The molecule has 1 heterocycles. The minimum Gasteiger partial charge on any atom is -0.497 e. The summed E-state index contributed by atoms with van der Waals surface area (Å²) in [5, 5.41) is 11.3. The predicted molar refractivity (Wildman–Crippen MR) is 118 cm³/mol. The van der Waals surface area contributed by atoms with Gasteiger partial charge in [-0.25, -0.2) is 4.99 Å². The number of guanidine groups is 1. The Morgan fingerprint density at radius 3 is 2.45 bits per heavy atom. The van der Waals surface area contributed by atoms with Crippen LogP contribution in [0.2, 0.25) is 0 Å². The molecule has 2 rings (SSSR count). The van der Waals surface area contributed by atoms with Crippen LogP contribution in [0.5, 0.6) is 5.75 Å². The third-order valence-electron chi connectivity index (χ3n) is 4.48. The maximum Gasteiger partial charge on any atom is 0.191 e. The molecule has 0 saturated heterocycles. The summed E-state index contributed by atoms with van der Waals surface area (Å²) < 4.78 is 12.7. The third kappa shape index (κ3) is 8.56. The van der Waals surface area contributed by atoms with Gasteiger partial charge in [0.25, 0.3) is 0 Å². The first kappa shape index (κ1) is 22.7. The minimum absolute atomic E-state index is 0.613. The molecule has 29 heavy (non-hydrogen) atoms. The SMILES string of the molecule is CCOCCCNC(=NCc1ccc(OC)cc1)NCCCn1nc(C)cc1C. The number of hydrogen-bond donors (Lipinski definition) is 2. The number of nitrogens with one attached hydrogen (secondary N) is 2. The van der Waals surface area contributed by atoms with Gasteiger partial charge in [-0.1, -0.05) is 12.1 Å². The first-order valence-electron chi connectivity index (χ1n) is 10.4. The maximum atomic E-state index is 5.41. The van der Waals surface area contributed by atoms with Crippen LogP contribution < -0.4 is 15.4 Å². The Kier molecular flexibility index (Phi) is 10.1. The number of ether oxygens (including phenoxy) is 2. The Labute approximate surface area is 174 Å². The molecule has 0 bridgehead atoms. The van der Waals surface area contributed by atoms with E-state index in [0.29, 0.717) is 6.54 Å². The van der Waals surface area contributed by atoms with Gasteiger partial charge in [0, 0.05) is 38.5 Å². The predicted octanol–water partition coefficient (Wildman–Crippen LogP) is 3.06. The van der Waals surface area contributed by atoms with Crippen molar-refractivity contribution in [3.63, 3.8) is 0 Å². The quantitative estimate of drug-likeness (QED) is 0.325. The molecule has 7 heteroatoms. The molecule has 0 aliphatic rings. The third-order valence-corrected chi connectivity index (χ3v) is 4.48. The van der Waals surface area contributed by atoms with Crippen molar-refractivity contribution in [2.75, 3.05) is 33.4 Å². The Hall–Kier alpha value is -2.54. The van der Waals surface area contributed by atoms with Gasteiger partial charge in [-0.2, -0.15) is 5.10 Å². The first-order valence-corrected chi connectivity index (χ1v) is 10.4. The van der Waals surface area contributed by atoms with E-state index in [1.165, 1.54) is 5.69 Å². The lowest BCUT2D eigenvalue weighted by Gasteiger charge is -2.13. The molecule has 0 amide bonds. The van der Waals surface area contributed by atoms with E-state index in [9.17, 15) is 0 Å². The standard InChI is InChI=1S/C22H35N5O2/c1-5-29-15-7-13-24-22(25-17-20-8-10-21(28-4)11-9-20)23-12-6-14-27-19(3)16-18(2)26-27/h8-11,16H,5-7,12-15,17H2,1-4H3,(H2,23,24,25). The van der Waals surface area contributed by atoms with Gasteiger partial charge in [-0.3, -0.25) is 4.68 Å². The lowest BCUT2D eigenvalue weighted by atomic mass is 10.2. The van der Waals surface area contributed by atoms with Gasteiger partial charge >= 0.3 is 0 Å². The Balaban J connectivity index is 1.84. The minimum atomic E-state index is 0.613. The molecule has 2 aromatic rings.